The number of ether oxygens (including phenoxy) is 4. The van der Waals surface area contributed by atoms with Crippen LogP contribution < -0.4 is 0 Å². The highest BCUT2D eigenvalue weighted by molar-refractivity contribution is 5.53. The number of benzene rings is 1. The Morgan fingerprint density at radius 2 is 1.44 bits per heavy atom. The van der Waals surface area contributed by atoms with E-state index < -0.39 is 22.9 Å². The molecule has 0 heterocycles. The van der Waals surface area contributed by atoms with Crippen LogP contribution >= 0.6 is 0 Å². The van der Waals surface area contributed by atoms with E-state index in [-0.39, 0.29) is 0 Å². The number of aryl methyl sites for hydroxylation is 1. The van der Waals surface area contributed by atoms with E-state index in [9.17, 15) is 10.5 Å². The highest BCUT2D eigenvalue weighted by Crippen LogP contribution is 2.65. The van der Waals surface area contributed by atoms with Gasteiger partial charge in [-0.15, -0.1) is 0 Å². The van der Waals surface area contributed by atoms with E-state index in [1.807, 2.05) is 37.3 Å². The second-order valence-electron chi connectivity index (χ2n) is 5.88. The zero-order chi connectivity index (χ0) is 18.7. The van der Waals surface area contributed by atoms with Crippen LogP contribution in [0.25, 0.3) is 6.08 Å². The van der Waals surface area contributed by atoms with Gasteiger partial charge in [0, 0.05) is 28.4 Å². The van der Waals surface area contributed by atoms with Gasteiger partial charge < -0.3 is 18.9 Å². The van der Waals surface area contributed by atoms with Gasteiger partial charge in [-0.25, -0.2) is 0 Å². The molecule has 6 nitrogen and oxygen atoms in total. The van der Waals surface area contributed by atoms with Crippen LogP contribution in [0.4, 0.5) is 0 Å². The summed E-state index contributed by atoms with van der Waals surface area (Å²) in [7, 11) is 5.59. The van der Waals surface area contributed by atoms with E-state index >= 15 is 0 Å². The third-order valence-corrected chi connectivity index (χ3v) is 4.95. The fourth-order valence-electron chi connectivity index (χ4n) is 3.65. The van der Waals surface area contributed by atoms with Crippen molar-refractivity contribution in [1.82, 2.24) is 0 Å². The molecule has 0 radical (unpaired) electrons. The van der Waals surface area contributed by atoms with Gasteiger partial charge in [0.1, 0.15) is 0 Å². The molecule has 1 fully saturated rings. The number of methoxy groups -OCH3 is 4. The molecule has 0 unspecified atom stereocenters. The van der Waals surface area contributed by atoms with Crippen LogP contribution in [0.1, 0.15) is 11.1 Å². The van der Waals surface area contributed by atoms with Crippen LogP contribution in [-0.4, -0.2) is 40.0 Å². The van der Waals surface area contributed by atoms with Crippen LogP contribution in [0.5, 0.6) is 0 Å². The van der Waals surface area contributed by atoms with Crippen molar-refractivity contribution in [2.75, 3.05) is 28.4 Å². The first-order valence-corrected chi connectivity index (χ1v) is 7.75. The SMILES string of the molecule is COC1(OC)[C@H](/C=C/c2ccc(C)cc2)C(C#N)(C#N)C1(OC)OC. The van der Waals surface area contributed by atoms with Crippen molar-refractivity contribution >= 4 is 6.08 Å². The van der Waals surface area contributed by atoms with Crippen LogP contribution in [0, 0.1) is 40.9 Å². The Labute approximate surface area is 148 Å². The lowest BCUT2D eigenvalue weighted by molar-refractivity contribution is -0.489. The average molecular weight is 342 g/mol. The molecule has 1 saturated carbocycles. The van der Waals surface area contributed by atoms with Gasteiger partial charge >= 0.3 is 0 Å². The quantitative estimate of drug-likeness (QED) is 0.739. The fourth-order valence-corrected chi connectivity index (χ4v) is 3.65. The van der Waals surface area contributed by atoms with Gasteiger partial charge in [-0.3, -0.25) is 0 Å². The fraction of sp³-hybridized carbons (Fsp3) is 0.474. The minimum absolute atomic E-state index is 0.716. The van der Waals surface area contributed by atoms with Crippen molar-refractivity contribution in [3.63, 3.8) is 0 Å². The number of nitrogens with zero attached hydrogens (tertiary/aromatic N) is 2. The molecule has 1 aromatic carbocycles. The molecule has 1 aliphatic carbocycles. The van der Waals surface area contributed by atoms with Crippen LogP contribution in [0.3, 0.4) is 0 Å². The number of rotatable bonds is 6. The predicted octanol–water partition coefficient (Wildman–Crippen LogP) is 2.65. The molecule has 1 aliphatic rings. The predicted molar refractivity (Wildman–Crippen MR) is 90.9 cm³/mol. The van der Waals surface area contributed by atoms with Gasteiger partial charge in [-0.1, -0.05) is 42.0 Å². The summed E-state index contributed by atoms with van der Waals surface area (Å²) in [5.74, 6) is -3.82. The first kappa shape index (κ1) is 19.1. The van der Waals surface area contributed by atoms with E-state index in [1.165, 1.54) is 28.4 Å². The van der Waals surface area contributed by atoms with Gasteiger partial charge in [0.2, 0.25) is 11.2 Å². The van der Waals surface area contributed by atoms with Gasteiger partial charge in [-0.2, -0.15) is 10.5 Å². The summed E-state index contributed by atoms with van der Waals surface area (Å²) in [4.78, 5) is 0. The molecule has 0 bridgehead atoms. The summed E-state index contributed by atoms with van der Waals surface area (Å²) in [6.07, 6.45) is 3.57. The van der Waals surface area contributed by atoms with Crippen molar-refractivity contribution in [3.05, 3.63) is 41.5 Å². The summed E-state index contributed by atoms with van der Waals surface area (Å²) in [6.45, 7) is 2.00. The maximum absolute atomic E-state index is 9.78. The van der Waals surface area contributed by atoms with E-state index in [0.717, 1.165) is 11.1 Å². The maximum atomic E-state index is 9.78. The van der Waals surface area contributed by atoms with E-state index in [1.54, 1.807) is 6.08 Å². The number of hydrogen-bond donors (Lipinski definition) is 0. The van der Waals surface area contributed by atoms with Crippen LogP contribution in [-0.2, 0) is 18.9 Å². The second-order valence-corrected chi connectivity index (χ2v) is 5.88. The minimum atomic E-state index is -1.67. The Morgan fingerprint density at radius 3 is 1.84 bits per heavy atom. The number of hydrogen-bond acceptors (Lipinski definition) is 6. The molecule has 0 aromatic heterocycles. The Morgan fingerprint density at radius 1 is 0.920 bits per heavy atom. The summed E-state index contributed by atoms with van der Waals surface area (Å²) < 4.78 is 22.1. The van der Waals surface area contributed by atoms with E-state index in [0.29, 0.717) is 0 Å². The first-order chi connectivity index (χ1) is 12.0. The van der Waals surface area contributed by atoms with E-state index in [4.69, 9.17) is 18.9 Å². The van der Waals surface area contributed by atoms with Gasteiger partial charge in [-0.05, 0) is 12.5 Å². The van der Waals surface area contributed by atoms with Crippen LogP contribution in [0.15, 0.2) is 30.3 Å². The standard InChI is InChI=1S/C19H22N2O4/c1-14-6-8-15(9-7-14)10-11-16-17(12-20,13-21)19(24-4,25-5)18(16,22-2)23-3/h6-11,16H,1-5H3/b11-10+/t16-/m1/s1. The summed E-state index contributed by atoms with van der Waals surface area (Å²) >= 11 is 0. The molecule has 0 spiro atoms. The Hall–Kier alpha value is -2.22. The van der Waals surface area contributed by atoms with Crippen molar-refractivity contribution in [2.24, 2.45) is 11.3 Å². The maximum Gasteiger partial charge on any atom is 0.257 e. The zero-order valence-corrected chi connectivity index (χ0v) is 15.1. The molecule has 1 atom stereocenters. The summed E-state index contributed by atoms with van der Waals surface area (Å²) in [5.41, 5.74) is 0.456. The van der Waals surface area contributed by atoms with Gasteiger partial charge in [0.25, 0.3) is 5.79 Å². The Balaban J connectivity index is 2.55. The van der Waals surface area contributed by atoms with Crippen molar-refractivity contribution in [3.8, 4) is 12.1 Å². The van der Waals surface area contributed by atoms with Crippen LogP contribution in [0.2, 0.25) is 0 Å². The minimum Gasteiger partial charge on any atom is -0.348 e. The average Bonchev–Trinajstić information content (AvgIpc) is 2.64. The Bertz CT molecular complexity index is 705. The topological polar surface area (TPSA) is 84.5 Å². The van der Waals surface area contributed by atoms with E-state index in [2.05, 4.69) is 12.1 Å². The molecule has 0 saturated heterocycles. The zero-order valence-electron chi connectivity index (χ0n) is 15.1. The molecular formula is C19H22N2O4. The lowest BCUT2D eigenvalue weighted by Gasteiger charge is -2.64. The molecular weight excluding hydrogens is 320 g/mol. The normalized spacial score (nSPS) is 22.8. The molecule has 25 heavy (non-hydrogen) atoms. The van der Waals surface area contributed by atoms with Gasteiger partial charge in [0.15, 0.2) is 0 Å². The molecule has 6 heteroatoms. The molecule has 2 rings (SSSR count). The third-order valence-electron chi connectivity index (χ3n) is 4.95. The highest BCUT2D eigenvalue weighted by atomic mass is 16.8. The monoisotopic (exact) mass is 342 g/mol. The lowest BCUT2D eigenvalue weighted by atomic mass is 9.51. The van der Waals surface area contributed by atoms with Crippen molar-refractivity contribution in [1.29, 1.82) is 10.5 Å². The molecule has 0 amide bonds. The first-order valence-electron chi connectivity index (χ1n) is 7.75. The van der Waals surface area contributed by atoms with Crippen molar-refractivity contribution < 1.29 is 18.9 Å². The Kier molecular flexibility index (Phi) is 5.31. The second kappa shape index (κ2) is 6.95. The van der Waals surface area contributed by atoms with Gasteiger partial charge in [0.05, 0.1) is 18.1 Å². The molecule has 0 N–H and O–H groups in total. The summed E-state index contributed by atoms with van der Waals surface area (Å²) in [6, 6.07) is 12.0. The summed E-state index contributed by atoms with van der Waals surface area (Å²) in [5, 5.41) is 19.6. The molecule has 0 aliphatic heterocycles. The third kappa shape index (κ3) is 2.31. The van der Waals surface area contributed by atoms with Crippen molar-refractivity contribution in [2.45, 2.75) is 18.5 Å². The molecule has 132 valence electrons. The number of nitriles is 2. The smallest absolute Gasteiger partial charge is 0.257 e. The molecule has 1 aromatic rings. The largest absolute Gasteiger partial charge is 0.348 e. The lowest BCUT2D eigenvalue weighted by Crippen LogP contribution is -2.83. The highest BCUT2D eigenvalue weighted by Gasteiger charge is 2.85.